The molecule has 2 amide bonds. The van der Waals surface area contributed by atoms with Crippen LogP contribution in [0.2, 0.25) is 0 Å². The Morgan fingerprint density at radius 3 is 2.57 bits per heavy atom. The van der Waals surface area contributed by atoms with Crippen molar-refractivity contribution in [3.63, 3.8) is 0 Å². The molecule has 2 heterocycles. The van der Waals surface area contributed by atoms with Crippen LogP contribution in [0.25, 0.3) is 0 Å². The van der Waals surface area contributed by atoms with Crippen molar-refractivity contribution in [2.75, 3.05) is 32.7 Å². The second kappa shape index (κ2) is 9.26. The molecule has 2 fully saturated rings. The molecule has 0 radical (unpaired) electrons. The van der Waals surface area contributed by atoms with Gasteiger partial charge in [-0.2, -0.15) is 0 Å². The average molecular weight is 323 g/mol. The molecule has 1 N–H and O–H groups in total. The first-order chi connectivity index (χ1) is 11.1. The zero-order valence-electron chi connectivity index (χ0n) is 14.9. The summed E-state index contributed by atoms with van der Waals surface area (Å²) in [5.74, 6) is 0.0115. The molecule has 5 heteroatoms. The number of unbranched alkanes of at least 4 members (excludes halogenated alkanes) is 2. The molecule has 2 saturated heterocycles. The summed E-state index contributed by atoms with van der Waals surface area (Å²) >= 11 is 0. The van der Waals surface area contributed by atoms with E-state index in [1.54, 1.807) is 0 Å². The topological polar surface area (TPSA) is 52.7 Å². The van der Waals surface area contributed by atoms with Crippen molar-refractivity contribution in [2.24, 2.45) is 5.92 Å². The van der Waals surface area contributed by atoms with Crippen LogP contribution in [0.4, 0.5) is 0 Å². The molecule has 0 unspecified atom stereocenters. The third-order valence-electron chi connectivity index (χ3n) is 5.05. The Bertz CT molecular complexity index is 392. The number of amides is 2. The van der Waals surface area contributed by atoms with E-state index < -0.39 is 0 Å². The lowest BCUT2D eigenvalue weighted by Gasteiger charge is -2.26. The summed E-state index contributed by atoms with van der Waals surface area (Å²) in [7, 11) is 0. The smallest absolute Gasteiger partial charge is 0.225 e. The first-order valence-corrected chi connectivity index (χ1v) is 9.37. The second-order valence-electron chi connectivity index (χ2n) is 7.29. The van der Waals surface area contributed by atoms with Gasteiger partial charge in [-0.25, -0.2) is 0 Å². The lowest BCUT2D eigenvalue weighted by Crippen LogP contribution is -2.35. The van der Waals surface area contributed by atoms with Gasteiger partial charge in [-0.15, -0.1) is 0 Å². The van der Waals surface area contributed by atoms with Crippen LogP contribution >= 0.6 is 0 Å². The zero-order chi connectivity index (χ0) is 16.7. The van der Waals surface area contributed by atoms with Gasteiger partial charge in [0.15, 0.2) is 0 Å². The molecule has 2 aliphatic heterocycles. The van der Waals surface area contributed by atoms with E-state index in [4.69, 9.17) is 0 Å². The van der Waals surface area contributed by atoms with Crippen LogP contribution in [0.3, 0.4) is 0 Å². The summed E-state index contributed by atoms with van der Waals surface area (Å²) in [4.78, 5) is 28.3. The predicted octanol–water partition coefficient (Wildman–Crippen LogP) is 2.02. The van der Waals surface area contributed by atoms with Crippen LogP contribution in [0, 0.1) is 5.92 Å². The molecule has 0 saturated carbocycles. The van der Waals surface area contributed by atoms with Gasteiger partial charge in [-0.05, 0) is 59.2 Å². The van der Waals surface area contributed by atoms with E-state index >= 15 is 0 Å². The minimum absolute atomic E-state index is 0.0533. The minimum Gasteiger partial charge on any atom is -0.356 e. The summed E-state index contributed by atoms with van der Waals surface area (Å²) in [5, 5.41) is 3.01. The van der Waals surface area contributed by atoms with Gasteiger partial charge in [0.05, 0.1) is 5.92 Å². The normalized spacial score (nSPS) is 22.8. The van der Waals surface area contributed by atoms with Crippen molar-refractivity contribution in [1.82, 2.24) is 15.1 Å². The number of nitrogens with zero attached hydrogens (tertiary/aromatic N) is 2. The third kappa shape index (κ3) is 5.79. The van der Waals surface area contributed by atoms with E-state index in [0.717, 1.165) is 13.0 Å². The number of hydrogen-bond donors (Lipinski definition) is 1. The lowest BCUT2D eigenvalue weighted by atomic mass is 10.1. The van der Waals surface area contributed by atoms with E-state index in [9.17, 15) is 9.59 Å². The monoisotopic (exact) mass is 323 g/mol. The van der Waals surface area contributed by atoms with Crippen LogP contribution in [0.1, 0.15) is 58.8 Å². The highest BCUT2D eigenvalue weighted by atomic mass is 16.2. The standard InChI is InChI=1S/C18H33N3O2/c1-15(2)21-14-16(13-17(21)22)18(23)19-9-5-3-6-10-20-11-7-4-8-12-20/h15-16H,3-14H2,1-2H3,(H,19,23)/t16-/m1/s1. The summed E-state index contributed by atoms with van der Waals surface area (Å²) in [6.07, 6.45) is 7.89. The van der Waals surface area contributed by atoms with Crippen molar-refractivity contribution in [3.8, 4) is 0 Å². The Kier molecular flexibility index (Phi) is 7.34. The van der Waals surface area contributed by atoms with E-state index in [1.807, 2.05) is 18.7 Å². The maximum absolute atomic E-state index is 12.1. The van der Waals surface area contributed by atoms with Crippen molar-refractivity contribution < 1.29 is 9.59 Å². The van der Waals surface area contributed by atoms with Gasteiger partial charge in [0.25, 0.3) is 0 Å². The Hall–Kier alpha value is -1.10. The van der Waals surface area contributed by atoms with Gasteiger partial charge in [0, 0.05) is 25.6 Å². The summed E-state index contributed by atoms with van der Waals surface area (Å²) < 4.78 is 0. The Balaban J connectivity index is 1.52. The molecule has 0 aromatic heterocycles. The lowest BCUT2D eigenvalue weighted by molar-refractivity contribution is -0.129. The number of nitrogens with one attached hydrogen (secondary N) is 1. The number of carbonyl (C=O) groups excluding carboxylic acids is 2. The van der Waals surface area contributed by atoms with Gasteiger partial charge in [-0.1, -0.05) is 12.8 Å². The van der Waals surface area contributed by atoms with Gasteiger partial charge < -0.3 is 15.1 Å². The zero-order valence-corrected chi connectivity index (χ0v) is 14.9. The van der Waals surface area contributed by atoms with E-state index in [2.05, 4.69) is 10.2 Å². The van der Waals surface area contributed by atoms with Crippen molar-refractivity contribution in [3.05, 3.63) is 0 Å². The van der Waals surface area contributed by atoms with Gasteiger partial charge >= 0.3 is 0 Å². The third-order valence-corrected chi connectivity index (χ3v) is 5.05. The fourth-order valence-corrected chi connectivity index (χ4v) is 3.58. The number of likely N-dealkylation sites (tertiary alicyclic amines) is 2. The van der Waals surface area contributed by atoms with E-state index in [0.29, 0.717) is 13.0 Å². The van der Waals surface area contributed by atoms with Crippen molar-refractivity contribution in [1.29, 1.82) is 0 Å². The molecule has 1 atom stereocenters. The number of hydrogen-bond acceptors (Lipinski definition) is 3. The molecule has 0 bridgehead atoms. The van der Waals surface area contributed by atoms with Crippen LogP contribution in [0.15, 0.2) is 0 Å². The molecular weight excluding hydrogens is 290 g/mol. The number of rotatable bonds is 8. The molecule has 5 nitrogen and oxygen atoms in total. The van der Waals surface area contributed by atoms with Crippen LogP contribution in [-0.4, -0.2) is 60.4 Å². The maximum Gasteiger partial charge on any atom is 0.225 e. The molecule has 2 rings (SSSR count). The van der Waals surface area contributed by atoms with Crippen molar-refractivity contribution >= 4 is 11.8 Å². The molecular formula is C18H33N3O2. The summed E-state index contributed by atoms with van der Waals surface area (Å²) in [6, 6.07) is 0.190. The van der Waals surface area contributed by atoms with Crippen LogP contribution < -0.4 is 5.32 Å². The molecule has 0 spiro atoms. The highest BCUT2D eigenvalue weighted by Crippen LogP contribution is 2.20. The maximum atomic E-state index is 12.1. The average Bonchev–Trinajstić information content (AvgIpc) is 2.94. The van der Waals surface area contributed by atoms with Gasteiger partial charge in [0.1, 0.15) is 0 Å². The Morgan fingerprint density at radius 2 is 1.91 bits per heavy atom. The first kappa shape index (κ1) is 18.2. The van der Waals surface area contributed by atoms with Gasteiger partial charge in [0.2, 0.25) is 11.8 Å². The largest absolute Gasteiger partial charge is 0.356 e. The number of carbonyl (C=O) groups is 2. The Labute approximate surface area is 140 Å². The fraction of sp³-hybridized carbons (Fsp3) is 0.889. The SMILES string of the molecule is CC(C)N1C[C@H](C(=O)NCCCCCN2CCCCC2)CC1=O. The van der Waals surface area contributed by atoms with Crippen molar-refractivity contribution in [2.45, 2.75) is 64.8 Å². The van der Waals surface area contributed by atoms with E-state index in [-0.39, 0.29) is 23.8 Å². The highest BCUT2D eigenvalue weighted by Gasteiger charge is 2.35. The summed E-state index contributed by atoms with van der Waals surface area (Å²) in [6.45, 7) is 9.05. The first-order valence-electron chi connectivity index (χ1n) is 9.37. The molecule has 2 aliphatic rings. The Morgan fingerprint density at radius 1 is 1.17 bits per heavy atom. The fourth-order valence-electron chi connectivity index (χ4n) is 3.58. The quantitative estimate of drug-likeness (QED) is 0.695. The van der Waals surface area contributed by atoms with Crippen LogP contribution in [-0.2, 0) is 9.59 Å². The minimum atomic E-state index is -0.154. The molecule has 23 heavy (non-hydrogen) atoms. The molecule has 0 aliphatic carbocycles. The molecule has 132 valence electrons. The second-order valence-corrected chi connectivity index (χ2v) is 7.29. The molecule has 0 aromatic rings. The summed E-state index contributed by atoms with van der Waals surface area (Å²) in [5.41, 5.74) is 0. The van der Waals surface area contributed by atoms with Crippen LogP contribution in [0.5, 0.6) is 0 Å². The molecule has 0 aromatic carbocycles. The van der Waals surface area contributed by atoms with Gasteiger partial charge in [-0.3, -0.25) is 9.59 Å². The predicted molar refractivity (Wildman–Crippen MR) is 92.1 cm³/mol. The highest BCUT2D eigenvalue weighted by molar-refractivity contribution is 5.89. The number of piperidine rings is 1. The van der Waals surface area contributed by atoms with E-state index in [1.165, 1.54) is 51.7 Å².